The van der Waals surface area contributed by atoms with Crippen molar-refractivity contribution in [2.45, 2.75) is 37.1 Å². The number of pyridine rings is 1. The maximum absolute atomic E-state index is 12.7. The van der Waals surface area contributed by atoms with Crippen molar-refractivity contribution in [1.82, 2.24) is 9.88 Å². The summed E-state index contributed by atoms with van der Waals surface area (Å²) in [7, 11) is 0. The number of nitrogens with zero attached hydrogens (tertiary/aromatic N) is 4. The maximum atomic E-state index is 12.7. The number of benzene rings is 1. The highest BCUT2D eigenvalue weighted by Crippen LogP contribution is 2.34. The first kappa shape index (κ1) is 18.8. The van der Waals surface area contributed by atoms with Gasteiger partial charge in [-0.05, 0) is 30.5 Å². The van der Waals surface area contributed by atoms with Crippen LogP contribution in [0.2, 0.25) is 0 Å². The molecule has 0 N–H and O–H groups in total. The number of hydrogen-bond acceptors (Lipinski definition) is 5. The summed E-state index contributed by atoms with van der Waals surface area (Å²) in [6.07, 6.45) is 4.43. The average Bonchev–Trinajstić information content (AvgIpc) is 3.01. The van der Waals surface area contributed by atoms with E-state index in [0.29, 0.717) is 24.1 Å². The second-order valence-electron chi connectivity index (χ2n) is 7.40. The van der Waals surface area contributed by atoms with E-state index in [4.69, 9.17) is 5.26 Å². The summed E-state index contributed by atoms with van der Waals surface area (Å²) >= 11 is 1.82. The number of fused-ring (bicyclic) bond motifs is 2. The number of hydrogen-bond donors (Lipinski definition) is 0. The lowest BCUT2D eigenvalue weighted by molar-refractivity contribution is -0.131. The zero-order chi connectivity index (χ0) is 19.3. The smallest absolute Gasteiger partial charge is 0.223 e. The van der Waals surface area contributed by atoms with E-state index in [9.17, 15) is 4.79 Å². The van der Waals surface area contributed by atoms with Crippen LogP contribution >= 0.6 is 11.8 Å². The summed E-state index contributed by atoms with van der Waals surface area (Å²) in [6, 6.07) is 16.9. The van der Waals surface area contributed by atoms with Crippen LogP contribution in [-0.2, 0) is 10.5 Å². The number of anilines is 1. The Kier molecular flexibility index (Phi) is 5.82. The number of amides is 1. The first-order chi connectivity index (χ1) is 13.7. The molecule has 0 spiro atoms. The maximum Gasteiger partial charge on any atom is 0.223 e. The Morgan fingerprint density at radius 2 is 1.89 bits per heavy atom. The van der Waals surface area contributed by atoms with Gasteiger partial charge in [-0.1, -0.05) is 30.3 Å². The molecule has 3 heterocycles. The summed E-state index contributed by atoms with van der Waals surface area (Å²) in [5.74, 6) is 3.01. The second kappa shape index (κ2) is 8.66. The SMILES string of the molecule is N#Cc1ccc(N2C3CCC2CN(C(=O)CCSCc2ccccc2)C3)nc1. The Balaban J connectivity index is 1.28. The highest BCUT2D eigenvalue weighted by Gasteiger charge is 2.41. The van der Waals surface area contributed by atoms with Gasteiger partial charge in [-0.25, -0.2) is 4.98 Å². The van der Waals surface area contributed by atoms with E-state index in [1.807, 2.05) is 34.9 Å². The average molecular weight is 393 g/mol. The molecule has 0 radical (unpaired) electrons. The molecule has 28 heavy (non-hydrogen) atoms. The molecule has 1 amide bonds. The van der Waals surface area contributed by atoms with Gasteiger partial charge in [0.25, 0.3) is 0 Å². The van der Waals surface area contributed by atoms with Gasteiger partial charge in [0, 0.05) is 49.3 Å². The molecule has 2 aliphatic rings. The molecule has 4 rings (SSSR count). The summed E-state index contributed by atoms with van der Waals surface area (Å²) in [5, 5.41) is 8.95. The van der Waals surface area contributed by atoms with Crippen molar-refractivity contribution in [2.75, 3.05) is 23.7 Å². The van der Waals surface area contributed by atoms with Gasteiger partial charge >= 0.3 is 0 Å². The molecule has 0 aliphatic carbocycles. The lowest BCUT2D eigenvalue weighted by Crippen LogP contribution is -2.55. The number of aromatic nitrogens is 1. The van der Waals surface area contributed by atoms with Gasteiger partial charge in [0.15, 0.2) is 0 Å². The molecule has 6 heteroatoms. The monoisotopic (exact) mass is 392 g/mol. The van der Waals surface area contributed by atoms with Crippen LogP contribution in [-0.4, -0.2) is 46.7 Å². The van der Waals surface area contributed by atoms with Crippen LogP contribution < -0.4 is 4.90 Å². The Morgan fingerprint density at radius 3 is 2.54 bits per heavy atom. The number of carbonyl (C=O) groups excluding carboxylic acids is 1. The predicted molar refractivity (Wildman–Crippen MR) is 112 cm³/mol. The molecule has 0 saturated carbocycles. The number of likely N-dealkylation sites (tertiary alicyclic amines) is 1. The lowest BCUT2D eigenvalue weighted by atomic mass is 10.1. The molecule has 2 atom stereocenters. The van der Waals surface area contributed by atoms with E-state index in [-0.39, 0.29) is 5.91 Å². The molecule has 1 aromatic heterocycles. The van der Waals surface area contributed by atoms with Gasteiger partial charge in [0.1, 0.15) is 11.9 Å². The molecule has 2 fully saturated rings. The highest BCUT2D eigenvalue weighted by atomic mass is 32.2. The molecule has 2 saturated heterocycles. The summed E-state index contributed by atoms with van der Waals surface area (Å²) in [5.41, 5.74) is 1.89. The molecule has 2 aliphatic heterocycles. The van der Waals surface area contributed by atoms with E-state index in [0.717, 1.165) is 43.3 Å². The molecule has 2 aromatic rings. The van der Waals surface area contributed by atoms with Crippen molar-refractivity contribution >= 4 is 23.5 Å². The number of carbonyl (C=O) groups is 1. The summed E-state index contributed by atoms with van der Waals surface area (Å²) in [6.45, 7) is 1.56. The van der Waals surface area contributed by atoms with Crippen LogP contribution in [0.1, 0.15) is 30.4 Å². The van der Waals surface area contributed by atoms with Crippen molar-refractivity contribution in [3.63, 3.8) is 0 Å². The fraction of sp³-hybridized carbons (Fsp3) is 0.409. The molecular formula is C22H24N4OS. The minimum absolute atomic E-state index is 0.268. The predicted octanol–water partition coefficient (Wildman–Crippen LogP) is 3.46. The van der Waals surface area contributed by atoms with E-state index in [1.54, 1.807) is 6.20 Å². The third-order valence-corrected chi connectivity index (χ3v) is 6.58. The van der Waals surface area contributed by atoms with Crippen LogP contribution in [0, 0.1) is 11.3 Å². The molecule has 144 valence electrons. The summed E-state index contributed by atoms with van der Waals surface area (Å²) in [4.78, 5) is 21.6. The Labute approximate surface area is 170 Å². The first-order valence-electron chi connectivity index (χ1n) is 9.78. The van der Waals surface area contributed by atoms with Gasteiger partial charge in [0.2, 0.25) is 5.91 Å². The second-order valence-corrected chi connectivity index (χ2v) is 8.50. The Bertz CT molecular complexity index is 835. The molecular weight excluding hydrogens is 368 g/mol. The normalized spacial score (nSPS) is 20.8. The van der Waals surface area contributed by atoms with E-state index in [2.05, 4.69) is 40.2 Å². The molecule has 5 nitrogen and oxygen atoms in total. The zero-order valence-electron chi connectivity index (χ0n) is 15.8. The van der Waals surface area contributed by atoms with Crippen molar-refractivity contribution < 1.29 is 4.79 Å². The van der Waals surface area contributed by atoms with Gasteiger partial charge in [-0.3, -0.25) is 4.79 Å². The van der Waals surface area contributed by atoms with Crippen LogP contribution in [0.25, 0.3) is 0 Å². The third kappa shape index (κ3) is 4.15. The van der Waals surface area contributed by atoms with Gasteiger partial charge in [0.05, 0.1) is 5.56 Å². The van der Waals surface area contributed by atoms with Gasteiger partial charge in [-0.15, -0.1) is 0 Å². The number of nitriles is 1. The van der Waals surface area contributed by atoms with Crippen molar-refractivity contribution in [1.29, 1.82) is 5.26 Å². The zero-order valence-corrected chi connectivity index (χ0v) is 16.6. The van der Waals surface area contributed by atoms with Crippen LogP contribution in [0.4, 0.5) is 5.82 Å². The number of thioether (sulfide) groups is 1. The van der Waals surface area contributed by atoms with Gasteiger partial charge < -0.3 is 9.80 Å². The van der Waals surface area contributed by atoms with Crippen LogP contribution in [0.3, 0.4) is 0 Å². The fourth-order valence-electron chi connectivity index (χ4n) is 4.17. The quantitative estimate of drug-likeness (QED) is 0.705. The van der Waals surface area contributed by atoms with E-state index < -0.39 is 0 Å². The fourth-order valence-corrected chi connectivity index (χ4v) is 5.06. The van der Waals surface area contributed by atoms with Gasteiger partial charge in [-0.2, -0.15) is 17.0 Å². The molecule has 2 unspecified atom stereocenters. The number of rotatable bonds is 6. The molecule has 2 bridgehead atoms. The lowest BCUT2D eigenvalue weighted by Gasteiger charge is -2.41. The van der Waals surface area contributed by atoms with Crippen LogP contribution in [0.15, 0.2) is 48.7 Å². The standard InChI is InChI=1S/C22H24N4OS/c23-12-18-6-9-21(24-13-18)26-19-7-8-20(26)15-25(14-19)22(27)10-11-28-16-17-4-2-1-3-5-17/h1-6,9,13,19-20H,7-8,10-11,14-16H2. The van der Waals surface area contributed by atoms with Crippen molar-refractivity contribution in [3.8, 4) is 6.07 Å². The van der Waals surface area contributed by atoms with Crippen LogP contribution in [0.5, 0.6) is 0 Å². The number of piperazine rings is 1. The first-order valence-corrected chi connectivity index (χ1v) is 10.9. The topological polar surface area (TPSA) is 60.2 Å². The Morgan fingerprint density at radius 1 is 1.14 bits per heavy atom. The van der Waals surface area contributed by atoms with E-state index in [1.165, 1.54) is 5.56 Å². The largest absolute Gasteiger partial charge is 0.347 e. The molecule has 1 aromatic carbocycles. The van der Waals surface area contributed by atoms with E-state index >= 15 is 0 Å². The third-order valence-electron chi connectivity index (χ3n) is 5.55. The Hall–Kier alpha value is -2.52. The summed E-state index contributed by atoms with van der Waals surface area (Å²) < 4.78 is 0. The minimum Gasteiger partial charge on any atom is -0.347 e. The highest BCUT2D eigenvalue weighted by molar-refractivity contribution is 7.98. The van der Waals surface area contributed by atoms with Crippen molar-refractivity contribution in [2.24, 2.45) is 0 Å². The minimum atomic E-state index is 0.268. The van der Waals surface area contributed by atoms with Crippen molar-refractivity contribution in [3.05, 3.63) is 59.8 Å².